The van der Waals surface area contributed by atoms with E-state index in [9.17, 15) is 4.79 Å². The molecule has 6 heteroatoms. The average molecular weight is 320 g/mol. The summed E-state index contributed by atoms with van der Waals surface area (Å²) in [5.41, 5.74) is 1.02. The van der Waals surface area contributed by atoms with Gasteiger partial charge in [-0.25, -0.2) is 0 Å². The van der Waals surface area contributed by atoms with Gasteiger partial charge in [0.2, 0.25) is 0 Å². The third kappa shape index (κ3) is 3.47. The second kappa shape index (κ2) is 5.52. The molecular formula is C10H12NO2PSSe. The fourth-order valence-electron chi connectivity index (χ4n) is 1.39. The zero-order chi connectivity index (χ0) is 11.4. The molecule has 1 saturated heterocycles. The van der Waals surface area contributed by atoms with Crippen LogP contribution in [-0.4, -0.2) is 33.4 Å². The Bertz CT molecular complexity index is 416. The molecular weight excluding hydrogens is 308 g/mol. The predicted molar refractivity (Wildman–Crippen MR) is 69.4 cm³/mol. The summed E-state index contributed by atoms with van der Waals surface area (Å²) in [6.45, 7) is 0.719. The van der Waals surface area contributed by atoms with Crippen LogP contribution in [0, 0.1) is 0 Å². The summed E-state index contributed by atoms with van der Waals surface area (Å²) in [6, 6.07) is 9.72. The normalized spacial score (nSPS) is 24.2. The van der Waals surface area contributed by atoms with E-state index in [0.29, 0.717) is 6.42 Å². The van der Waals surface area contributed by atoms with Gasteiger partial charge in [-0.2, -0.15) is 0 Å². The zero-order valence-electron chi connectivity index (χ0n) is 8.59. The van der Waals surface area contributed by atoms with E-state index >= 15 is 0 Å². The Kier molecular flexibility index (Phi) is 4.28. The van der Waals surface area contributed by atoms with Crippen LogP contribution < -0.4 is 5.09 Å². The fourth-order valence-corrected chi connectivity index (χ4v) is 7.24. The SMILES string of the molecule is O=C(Cc1ccccc1)NP1(=[Se])OCCS1. The van der Waals surface area contributed by atoms with E-state index in [4.69, 9.17) is 4.52 Å². The third-order valence-corrected chi connectivity index (χ3v) is 9.20. The van der Waals surface area contributed by atoms with E-state index in [1.807, 2.05) is 30.3 Å². The van der Waals surface area contributed by atoms with Crippen LogP contribution in [0.3, 0.4) is 0 Å². The molecule has 1 aliphatic rings. The van der Waals surface area contributed by atoms with Crippen LogP contribution in [0.1, 0.15) is 5.56 Å². The number of carbonyl (C=O) groups excluding carboxylic acids is 1. The standard InChI is InChI=1S/C10H12NO2PSSe/c12-10(8-9-4-2-1-3-5-9)11-14(16)13-6-7-15-14/h1-5H,6-8H2,(H,11,12,16). The third-order valence-electron chi connectivity index (χ3n) is 2.07. The van der Waals surface area contributed by atoms with Crippen LogP contribution in [0.2, 0.25) is 0 Å². The van der Waals surface area contributed by atoms with Crippen LogP contribution in [-0.2, 0) is 15.7 Å². The molecule has 1 aliphatic heterocycles. The van der Waals surface area contributed by atoms with Crippen LogP contribution >= 0.6 is 16.5 Å². The van der Waals surface area contributed by atoms with Crippen molar-refractivity contribution in [2.24, 2.45) is 0 Å². The first-order chi connectivity index (χ1) is 7.68. The van der Waals surface area contributed by atoms with Crippen molar-refractivity contribution < 1.29 is 9.32 Å². The van der Waals surface area contributed by atoms with Gasteiger partial charge in [-0.3, -0.25) is 0 Å². The van der Waals surface area contributed by atoms with Crippen molar-refractivity contribution >= 4 is 37.5 Å². The monoisotopic (exact) mass is 321 g/mol. The second-order valence-corrected chi connectivity index (χ2v) is 12.6. The van der Waals surface area contributed by atoms with Gasteiger partial charge in [0.05, 0.1) is 0 Å². The molecule has 1 atom stereocenters. The topological polar surface area (TPSA) is 38.3 Å². The van der Waals surface area contributed by atoms with E-state index in [1.54, 1.807) is 11.4 Å². The molecule has 16 heavy (non-hydrogen) atoms. The molecule has 1 fully saturated rings. The Labute approximate surface area is 106 Å². The number of amides is 1. The molecule has 3 nitrogen and oxygen atoms in total. The van der Waals surface area contributed by atoms with Crippen molar-refractivity contribution in [2.75, 3.05) is 12.4 Å². The number of hydrogen-bond donors (Lipinski definition) is 1. The summed E-state index contributed by atoms with van der Waals surface area (Å²) in [6.07, 6.45) is 0.411. The van der Waals surface area contributed by atoms with Gasteiger partial charge in [0, 0.05) is 0 Å². The van der Waals surface area contributed by atoms with E-state index in [-0.39, 0.29) is 5.91 Å². The van der Waals surface area contributed by atoms with E-state index < -0.39 is 5.09 Å². The number of benzene rings is 1. The van der Waals surface area contributed by atoms with E-state index in [2.05, 4.69) is 20.2 Å². The van der Waals surface area contributed by atoms with Gasteiger partial charge >= 0.3 is 107 Å². The molecule has 86 valence electrons. The molecule has 1 heterocycles. The molecule has 0 spiro atoms. The maximum absolute atomic E-state index is 11.8. The van der Waals surface area contributed by atoms with Crippen LogP contribution in [0.25, 0.3) is 0 Å². The Morgan fingerprint density at radius 1 is 1.50 bits per heavy atom. The molecule has 1 aromatic rings. The average Bonchev–Trinajstić information content (AvgIpc) is 2.66. The maximum atomic E-state index is 11.8. The Morgan fingerprint density at radius 2 is 2.25 bits per heavy atom. The minimum atomic E-state index is -1.82. The first kappa shape index (κ1) is 12.4. The number of hydrogen-bond acceptors (Lipinski definition) is 3. The molecule has 1 amide bonds. The van der Waals surface area contributed by atoms with Gasteiger partial charge in [-0.15, -0.1) is 0 Å². The quantitative estimate of drug-likeness (QED) is 0.683. The molecule has 0 radical (unpaired) electrons. The summed E-state index contributed by atoms with van der Waals surface area (Å²) in [5, 5.41) is 1.14. The van der Waals surface area contributed by atoms with Gasteiger partial charge in [0.25, 0.3) is 0 Å². The molecule has 2 rings (SSSR count). The van der Waals surface area contributed by atoms with Gasteiger partial charge in [0.15, 0.2) is 0 Å². The van der Waals surface area contributed by atoms with E-state index in [1.165, 1.54) is 0 Å². The predicted octanol–water partition coefficient (Wildman–Crippen LogP) is 1.95. The first-order valence-corrected chi connectivity index (χ1v) is 10.4. The minimum absolute atomic E-state index is 0.0210. The summed E-state index contributed by atoms with van der Waals surface area (Å²) < 4.78 is 5.54. The van der Waals surface area contributed by atoms with Gasteiger partial charge in [-0.05, 0) is 0 Å². The molecule has 1 unspecified atom stereocenters. The second-order valence-electron chi connectivity index (χ2n) is 3.36. The van der Waals surface area contributed by atoms with Crippen LogP contribution in [0.15, 0.2) is 30.3 Å². The fraction of sp³-hybridized carbons (Fsp3) is 0.300. The van der Waals surface area contributed by atoms with Crippen LogP contribution in [0.5, 0.6) is 0 Å². The Morgan fingerprint density at radius 3 is 2.88 bits per heavy atom. The zero-order valence-corrected chi connectivity index (χ0v) is 12.0. The summed E-state index contributed by atoms with van der Waals surface area (Å²) in [7, 11) is 0. The number of carbonyl (C=O) groups is 1. The van der Waals surface area contributed by atoms with Crippen molar-refractivity contribution in [3.05, 3.63) is 35.9 Å². The van der Waals surface area contributed by atoms with Crippen molar-refractivity contribution in [3.63, 3.8) is 0 Å². The first-order valence-electron chi connectivity index (χ1n) is 4.92. The summed E-state index contributed by atoms with van der Waals surface area (Å²) in [5.74, 6) is 0.972. The summed E-state index contributed by atoms with van der Waals surface area (Å²) in [4.78, 5) is 11.8. The van der Waals surface area contributed by atoms with Crippen molar-refractivity contribution in [3.8, 4) is 0 Å². The van der Waals surface area contributed by atoms with Gasteiger partial charge in [0.1, 0.15) is 0 Å². The molecule has 0 aromatic heterocycles. The van der Waals surface area contributed by atoms with Gasteiger partial charge < -0.3 is 0 Å². The molecule has 0 bridgehead atoms. The number of rotatable bonds is 3. The number of nitrogens with one attached hydrogen (secondary N) is 1. The van der Waals surface area contributed by atoms with E-state index in [0.717, 1.165) is 17.9 Å². The van der Waals surface area contributed by atoms with Crippen LogP contribution in [0.4, 0.5) is 0 Å². The van der Waals surface area contributed by atoms with Crippen molar-refractivity contribution in [1.29, 1.82) is 0 Å². The van der Waals surface area contributed by atoms with Crippen molar-refractivity contribution in [1.82, 2.24) is 5.09 Å². The summed E-state index contributed by atoms with van der Waals surface area (Å²) >= 11 is 4.67. The van der Waals surface area contributed by atoms with Crippen molar-refractivity contribution in [2.45, 2.75) is 6.42 Å². The molecule has 1 N–H and O–H groups in total. The Hall–Kier alpha value is -0.0505. The van der Waals surface area contributed by atoms with Gasteiger partial charge in [-0.1, -0.05) is 0 Å². The Balaban J connectivity index is 1.92. The molecule has 1 aromatic carbocycles. The molecule has 0 aliphatic carbocycles. The molecule has 0 saturated carbocycles.